The highest BCUT2D eigenvalue weighted by atomic mass is 32.1. The molecule has 16 heteroatoms. The highest BCUT2D eigenvalue weighted by molar-refractivity contribution is 7.32. The third-order valence-corrected chi connectivity index (χ3v) is 11.2. The van der Waals surface area contributed by atoms with Gasteiger partial charge in [0.25, 0.3) is 0 Å². The van der Waals surface area contributed by atoms with Crippen LogP contribution in [0.15, 0.2) is 57.5 Å². The predicted octanol–water partition coefficient (Wildman–Crippen LogP) is 8.04. The number of allylic oxidation sites excluding steroid dienone is 4. The van der Waals surface area contributed by atoms with Gasteiger partial charge in [-0.15, -0.1) is 22.7 Å². The van der Waals surface area contributed by atoms with E-state index in [0.29, 0.717) is 16.0 Å². The van der Waals surface area contributed by atoms with Crippen LogP contribution in [0, 0.1) is 68.6 Å². The topological polar surface area (TPSA) is 164 Å². The van der Waals surface area contributed by atoms with Gasteiger partial charge in [0, 0.05) is 53.6 Å². The average molecular weight is 729 g/mol. The number of carbonyl (C=O) groups excluding carboxylic acids is 2. The van der Waals surface area contributed by atoms with Crippen molar-refractivity contribution in [3.63, 3.8) is 0 Å². The number of hydrogen-bond donors (Lipinski definition) is 0. The van der Waals surface area contributed by atoms with Gasteiger partial charge in [0.05, 0.1) is 30.6 Å². The van der Waals surface area contributed by atoms with Crippen LogP contribution in [0.1, 0.15) is 31.8 Å². The molecular formula is C36H12F4N8O2S2. The fourth-order valence-corrected chi connectivity index (χ4v) is 9.05. The molecule has 8 rings (SSSR count). The first-order valence-corrected chi connectivity index (χ1v) is 16.4. The number of aliphatic imine (C=N–C) groups is 2. The largest absolute Gasteiger partial charge is 0.340 e. The first kappa shape index (κ1) is 32.2. The number of fused-ring (bicyclic) bond motifs is 7. The molecule has 0 unspecified atom stereocenters. The van der Waals surface area contributed by atoms with Crippen LogP contribution in [0.2, 0.25) is 0 Å². The summed E-state index contributed by atoms with van der Waals surface area (Å²) in [6.07, 6.45) is 0. The van der Waals surface area contributed by atoms with Crippen molar-refractivity contribution in [1.82, 2.24) is 9.13 Å². The zero-order chi connectivity index (χ0) is 36.9. The SMILES string of the molecule is Cn1c(N=C2C(=O)c3cc(F)c(F)cc3C2=C(C#N)C#N)cc2sc3c4sc(N=C5C(=O)c6cc(F)c(F)cc6C5=C(C#N)C#N)cc4n(C)c3c21. The standard InChI is InChI=1S/C36H12F4N8O2S2/c1-47-23-7-26(46-30-28(14(11-43)12-44)16-4-20(38)22(40)6-18(16)34(30)50)52-35(23)36-32(47)31-24(51-36)8-25(48(31)2)45-29-27(13(9-41)10-42)15-3-19(37)21(39)5-17(15)33(29)49/h3-8H,1-2H3. The van der Waals surface area contributed by atoms with Crippen LogP contribution in [0.3, 0.4) is 0 Å². The van der Waals surface area contributed by atoms with Crippen LogP contribution in [0.25, 0.3) is 41.8 Å². The van der Waals surface area contributed by atoms with Crippen molar-refractivity contribution in [3.8, 4) is 24.3 Å². The maximum atomic E-state index is 14.2. The fourth-order valence-electron chi connectivity index (χ4n) is 6.55. The summed E-state index contributed by atoms with van der Waals surface area (Å²) >= 11 is 2.59. The number of aryl methyl sites for hydroxylation is 2. The van der Waals surface area contributed by atoms with Crippen LogP contribution in [0.4, 0.5) is 28.4 Å². The van der Waals surface area contributed by atoms with E-state index in [2.05, 4.69) is 9.98 Å². The highest BCUT2D eigenvalue weighted by Gasteiger charge is 2.37. The number of nitriles is 4. The van der Waals surface area contributed by atoms with Gasteiger partial charge in [0.15, 0.2) is 23.3 Å². The summed E-state index contributed by atoms with van der Waals surface area (Å²) in [5.41, 5.74) is -0.402. The molecule has 248 valence electrons. The van der Waals surface area contributed by atoms with E-state index in [0.717, 1.165) is 43.9 Å². The molecule has 0 amide bonds. The van der Waals surface area contributed by atoms with E-state index in [1.807, 2.05) is 4.57 Å². The number of hydrogen-bond acceptors (Lipinski definition) is 10. The Hall–Kier alpha value is -6.98. The van der Waals surface area contributed by atoms with E-state index in [1.54, 1.807) is 55.1 Å². The molecule has 0 atom stereocenters. The number of aromatic nitrogens is 2. The summed E-state index contributed by atoms with van der Waals surface area (Å²) in [6, 6.07) is 13.2. The van der Waals surface area contributed by atoms with Crippen LogP contribution < -0.4 is 0 Å². The van der Waals surface area contributed by atoms with Crippen LogP contribution in [-0.2, 0) is 14.1 Å². The van der Waals surface area contributed by atoms with E-state index in [9.17, 15) is 48.2 Å². The van der Waals surface area contributed by atoms with Crippen LogP contribution in [0.5, 0.6) is 0 Å². The van der Waals surface area contributed by atoms with Crippen LogP contribution >= 0.6 is 22.7 Å². The lowest BCUT2D eigenvalue weighted by atomic mass is 10.0. The van der Waals surface area contributed by atoms with E-state index >= 15 is 0 Å². The van der Waals surface area contributed by atoms with Crippen molar-refractivity contribution in [2.45, 2.75) is 0 Å². The van der Waals surface area contributed by atoms with Gasteiger partial charge in [-0.25, -0.2) is 27.5 Å². The zero-order valence-corrected chi connectivity index (χ0v) is 27.8. The lowest BCUT2D eigenvalue weighted by molar-refractivity contribution is 0.106. The van der Waals surface area contributed by atoms with Gasteiger partial charge in [0.2, 0.25) is 11.6 Å². The molecule has 2 aliphatic rings. The maximum Gasteiger partial charge on any atom is 0.212 e. The molecule has 4 aromatic heterocycles. The number of benzene rings is 2. The fraction of sp³-hybridized carbons (Fsp3) is 0.0556. The molecule has 0 aliphatic heterocycles. The quantitative estimate of drug-likeness (QED) is 0.129. The zero-order valence-electron chi connectivity index (χ0n) is 26.2. The first-order valence-electron chi connectivity index (χ1n) is 14.8. The minimum Gasteiger partial charge on any atom is -0.340 e. The van der Waals surface area contributed by atoms with Gasteiger partial charge in [0.1, 0.15) is 57.7 Å². The summed E-state index contributed by atoms with van der Waals surface area (Å²) in [6.45, 7) is 0. The molecule has 0 spiro atoms. The number of nitrogens with zero attached hydrogens (tertiary/aromatic N) is 8. The second-order valence-electron chi connectivity index (χ2n) is 11.6. The van der Waals surface area contributed by atoms with Gasteiger partial charge >= 0.3 is 0 Å². The molecule has 2 aliphatic carbocycles. The Balaban J connectivity index is 1.26. The van der Waals surface area contributed by atoms with Gasteiger partial charge in [-0.3, -0.25) is 9.59 Å². The molecule has 2 aromatic carbocycles. The first-order chi connectivity index (χ1) is 24.9. The minimum absolute atomic E-state index is 0.102. The molecule has 0 saturated carbocycles. The van der Waals surface area contributed by atoms with E-state index in [1.165, 1.54) is 22.7 Å². The Kier molecular flexibility index (Phi) is 6.99. The normalized spacial score (nSPS) is 15.1. The molecule has 0 fully saturated rings. The third-order valence-electron chi connectivity index (χ3n) is 8.87. The number of ketones is 2. The van der Waals surface area contributed by atoms with E-state index in [4.69, 9.17) is 0 Å². The van der Waals surface area contributed by atoms with Crippen LogP contribution in [-0.4, -0.2) is 32.1 Å². The lowest BCUT2D eigenvalue weighted by Gasteiger charge is -2.04. The molecule has 4 heterocycles. The Bertz CT molecular complexity index is 3040. The van der Waals surface area contributed by atoms with Gasteiger partial charge < -0.3 is 9.13 Å². The summed E-state index contributed by atoms with van der Waals surface area (Å²) in [5.74, 6) is -6.30. The minimum atomic E-state index is -1.26. The van der Waals surface area contributed by atoms with E-state index < -0.39 is 46.0 Å². The number of halogens is 4. The van der Waals surface area contributed by atoms with Gasteiger partial charge in [-0.1, -0.05) is 0 Å². The van der Waals surface area contributed by atoms with Crippen molar-refractivity contribution in [3.05, 3.63) is 93.1 Å². The number of Topliss-reactive ketones (excluding diaryl/α,β-unsaturated/α-hetero) is 2. The third kappa shape index (κ3) is 4.29. The Morgan fingerprint density at radius 3 is 1.60 bits per heavy atom. The Morgan fingerprint density at radius 2 is 1.10 bits per heavy atom. The molecule has 0 N–H and O–H groups in total. The van der Waals surface area contributed by atoms with Crippen molar-refractivity contribution >= 4 is 98.3 Å². The molecular weight excluding hydrogens is 717 g/mol. The number of carbonyl (C=O) groups is 2. The molecule has 0 saturated heterocycles. The molecule has 0 radical (unpaired) electrons. The Labute approximate surface area is 296 Å². The second kappa shape index (κ2) is 11.3. The van der Waals surface area contributed by atoms with Gasteiger partial charge in [-0.05, 0) is 30.3 Å². The lowest BCUT2D eigenvalue weighted by Crippen LogP contribution is -2.08. The van der Waals surface area contributed by atoms with Crippen molar-refractivity contribution in [2.24, 2.45) is 24.1 Å². The predicted molar refractivity (Wildman–Crippen MR) is 185 cm³/mol. The molecule has 10 nitrogen and oxygen atoms in total. The maximum absolute atomic E-state index is 14.2. The van der Waals surface area contributed by atoms with Crippen molar-refractivity contribution in [2.75, 3.05) is 0 Å². The van der Waals surface area contributed by atoms with E-state index in [-0.39, 0.29) is 50.6 Å². The Morgan fingerprint density at radius 1 is 0.615 bits per heavy atom. The highest BCUT2D eigenvalue weighted by Crippen LogP contribution is 2.48. The molecule has 6 aromatic rings. The molecule has 52 heavy (non-hydrogen) atoms. The summed E-state index contributed by atoms with van der Waals surface area (Å²) in [7, 11) is 3.49. The number of rotatable bonds is 2. The summed E-state index contributed by atoms with van der Waals surface area (Å²) in [4.78, 5) is 35.8. The number of thiophene rings is 2. The monoisotopic (exact) mass is 728 g/mol. The summed E-state index contributed by atoms with van der Waals surface area (Å²) in [5, 5.41) is 38.8. The second-order valence-corrected chi connectivity index (χ2v) is 13.6. The van der Waals surface area contributed by atoms with Crippen molar-refractivity contribution < 1.29 is 27.2 Å². The van der Waals surface area contributed by atoms with Gasteiger partial charge in [-0.2, -0.15) is 21.0 Å². The average Bonchev–Trinajstić information content (AvgIpc) is 3.93. The smallest absolute Gasteiger partial charge is 0.212 e. The van der Waals surface area contributed by atoms with Crippen molar-refractivity contribution in [1.29, 1.82) is 21.0 Å². The summed E-state index contributed by atoms with van der Waals surface area (Å²) < 4.78 is 62.6. The molecule has 0 bridgehead atoms.